The van der Waals surface area contributed by atoms with Crippen LogP contribution in [0.1, 0.15) is 36.2 Å². The normalized spacial score (nSPS) is 17.8. The second kappa shape index (κ2) is 6.83. The van der Waals surface area contributed by atoms with E-state index < -0.39 is 0 Å². The molecule has 1 aliphatic rings. The van der Waals surface area contributed by atoms with Gasteiger partial charge in [0.15, 0.2) is 5.82 Å². The number of nitrogens with two attached hydrogens (primary N) is 1. The van der Waals surface area contributed by atoms with Gasteiger partial charge in [-0.2, -0.15) is 4.98 Å². The van der Waals surface area contributed by atoms with Gasteiger partial charge in [-0.25, -0.2) is 0 Å². The highest BCUT2D eigenvalue weighted by atomic mass is 16.5. The molecule has 21 heavy (non-hydrogen) atoms. The van der Waals surface area contributed by atoms with E-state index in [0.717, 1.165) is 44.7 Å². The second-order valence-electron chi connectivity index (χ2n) is 5.51. The molecule has 1 aromatic heterocycles. The number of rotatable bonds is 5. The smallest absolute Gasteiger partial charge is 0.243 e. The predicted molar refractivity (Wildman–Crippen MR) is 78.6 cm³/mol. The van der Waals surface area contributed by atoms with Crippen molar-refractivity contribution in [3.63, 3.8) is 0 Å². The molecular weight excluding hydrogens is 266 g/mol. The van der Waals surface area contributed by atoms with Gasteiger partial charge in [-0.05, 0) is 30.7 Å². The molecule has 0 saturated carbocycles. The fourth-order valence-corrected chi connectivity index (χ4v) is 2.68. The second-order valence-corrected chi connectivity index (χ2v) is 5.51. The molecule has 1 atom stereocenters. The molecule has 1 aromatic carbocycles. The molecular formula is C16H21N3O2. The summed E-state index contributed by atoms with van der Waals surface area (Å²) in [5.74, 6) is 1.67. The Kier molecular flexibility index (Phi) is 4.62. The lowest BCUT2D eigenvalue weighted by atomic mass is 9.92. The molecule has 3 rings (SSSR count). The fraction of sp³-hybridized carbons (Fsp3) is 0.500. The number of hydrogen-bond donors (Lipinski definition) is 1. The molecule has 0 radical (unpaired) electrons. The van der Waals surface area contributed by atoms with Crippen molar-refractivity contribution in [3.8, 4) is 0 Å². The van der Waals surface area contributed by atoms with Gasteiger partial charge in [0.25, 0.3) is 0 Å². The first-order valence-electron chi connectivity index (χ1n) is 7.52. The molecule has 0 spiro atoms. The lowest BCUT2D eigenvalue weighted by molar-refractivity contribution is 0.0546. The molecule has 1 unspecified atom stereocenters. The summed E-state index contributed by atoms with van der Waals surface area (Å²) in [6.45, 7) is 1.54. The Hall–Kier alpha value is -1.72. The Bertz CT molecular complexity index is 550. The lowest BCUT2D eigenvalue weighted by Gasteiger charge is -2.25. The topological polar surface area (TPSA) is 74.2 Å². The standard InChI is InChI=1S/C16H21N3O2/c17-15(13-8-10-20-11-9-13)16-18-14(19-21-16)7-6-12-4-2-1-3-5-12/h1-5,13,15H,6-11,17H2. The summed E-state index contributed by atoms with van der Waals surface area (Å²) in [6.07, 6.45) is 3.60. The van der Waals surface area contributed by atoms with Crippen molar-refractivity contribution >= 4 is 0 Å². The van der Waals surface area contributed by atoms with Gasteiger partial charge in [-0.3, -0.25) is 0 Å². The summed E-state index contributed by atoms with van der Waals surface area (Å²) in [4.78, 5) is 4.46. The summed E-state index contributed by atoms with van der Waals surface area (Å²) in [5.41, 5.74) is 7.51. The minimum Gasteiger partial charge on any atom is -0.381 e. The zero-order chi connectivity index (χ0) is 14.5. The van der Waals surface area contributed by atoms with Crippen molar-refractivity contribution in [2.45, 2.75) is 31.7 Å². The average molecular weight is 287 g/mol. The van der Waals surface area contributed by atoms with E-state index in [1.165, 1.54) is 5.56 Å². The third kappa shape index (κ3) is 3.68. The van der Waals surface area contributed by atoms with E-state index in [0.29, 0.717) is 11.8 Å². The number of ether oxygens (including phenoxy) is 1. The van der Waals surface area contributed by atoms with Crippen molar-refractivity contribution < 1.29 is 9.26 Å². The third-order valence-electron chi connectivity index (χ3n) is 4.02. The Morgan fingerprint density at radius 2 is 1.90 bits per heavy atom. The van der Waals surface area contributed by atoms with Crippen molar-refractivity contribution in [2.24, 2.45) is 11.7 Å². The van der Waals surface area contributed by atoms with Crippen molar-refractivity contribution in [3.05, 3.63) is 47.6 Å². The molecule has 1 aliphatic heterocycles. The summed E-state index contributed by atoms with van der Waals surface area (Å²) in [7, 11) is 0. The summed E-state index contributed by atoms with van der Waals surface area (Å²) >= 11 is 0. The summed E-state index contributed by atoms with van der Waals surface area (Å²) in [6, 6.07) is 10.1. The maximum Gasteiger partial charge on any atom is 0.243 e. The first-order valence-corrected chi connectivity index (χ1v) is 7.52. The Morgan fingerprint density at radius 3 is 2.67 bits per heavy atom. The van der Waals surface area contributed by atoms with Gasteiger partial charge in [-0.15, -0.1) is 0 Å². The fourth-order valence-electron chi connectivity index (χ4n) is 2.68. The van der Waals surface area contributed by atoms with Crippen molar-refractivity contribution in [1.82, 2.24) is 10.1 Å². The lowest BCUT2D eigenvalue weighted by Crippen LogP contribution is -2.27. The van der Waals surface area contributed by atoms with E-state index in [4.69, 9.17) is 15.0 Å². The van der Waals surface area contributed by atoms with Crippen LogP contribution in [0.5, 0.6) is 0 Å². The van der Waals surface area contributed by atoms with Gasteiger partial charge in [0.2, 0.25) is 5.89 Å². The minimum atomic E-state index is -0.174. The molecule has 2 heterocycles. The molecule has 5 nitrogen and oxygen atoms in total. The first-order chi connectivity index (χ1) is 10.3. The summed E-state index contributed by atoms with van der Waals surface area (Å²) in [5, 5.41) is 4.05. The Morgan fingerprint density at radius 1 is 1.14 bits per heavy atom. The van der Waals surface area contributed by atoms with Crippen LogP contribution in [0, 0.1) is 5.92 Å². The van der Waals surface area contributed by atoms with Gasteiger partial charge in [0.1, 0.15) is 0 Å². The van der Waals surface area contributed by atoms with Crippen LogP contribution in [0.15, 0.2) is 34.9 Å². The van der Waals surface area contributed by atoms with Crippen LogP contribution in [0.2, 0.25) is 0 Å². The van der Waals surface area contributed by atoms with Crippen molar-refractivity contribution in [2.75, 3.05) is 13.2 Å². The van der Waals surface area contributed by atoms with Crippen LogP contribution in [-0.2, 0) is 17.6 Å². The minimum absolute atomic E-state index is 0.174. The van der Waals surface area contributed by atoms with Gasteiger partial charge in [-0.1, -0.05) is 35.5 Å². The van der Waals surface area contributed by atoms with Crippen LogP contribution >= 0.6 is 0 Å². The molecule has 1 saturated heterocycles. The maximum atomic E-state index is 6.24. The number of benzene rings is 1. The highest BCUT2D eigenvalue weighted by Crippen LogP contribution is 2.27. The van der Waals surface area contributed by atoms with Crippen LogP contribution in [0.3, 0.4) is 0 Å². The zero-order valence-corrected chi connectivity index (χ0v) is 12.1. The number of hydrogen-bond acceptors (Lipinski definition) is 5. The maximum absolute atomic E-state index is 6.24. The first kappa shape index (κ1) is 14.2. The van der Waals surface area contributed by atoms with Crippen LogP contribution < -0.4 is 5.73 Å². The predicted octanol–water partition coefficient (Wildman–Crippen LogP) is 2.28. The highest BCUT2D eigenvalue weighted by molar-refractivity contribution is 5.15. The molecule has 0 bridgehead atoms. The molecule has 1 fully saturated rings. The number of nitrogens with zero attached hydrogens (tertiary/aromatic N) is 2. The van der Waals surface area contributed by atoms with E-state index in [9.17, 15) is 0 Å². The SMILES string of the molecule is NC(c1nc(CCc2ccccc2)no1)C1CCOCC1. The van der Waals surface area contributed by atoms with Gasteiger partial charge in [0.05, 0.1) is 6.04 Å². The molecule has 0 amide bonds. The van der Waals surface area contributed by atoms with Crippen LogP contribution in [0.4, 0.5) is 0 Å². The molecule has 2 N–H and O–H groups in total. The number of aromatic nitrogens is 2. The number of aryl methyl sites for hydroxylation is 2. The summed E-state index contributed by atoms with van der Waals surface area (Å²) < 4.78 is 10.7. The zero-order valence-electron chi connectivity index (χ0n) is 12.1. The van der Waals surface area contributed by atoms with E-state index in [-0.39, 0.29) is 6.04 Å². The van der Waals surface area contributed by atoms with E-state index in [1.807, 2.05) is 18.2 Å². The molecule has 5 heteroatoms. The average Bonchev–Trinajstić information content (AvgIpc) is 3.03. The van der Waals surface area contributed by atoms with E-state index >= 15 is 0 Å². The third-order valence-corrected chi connectivity index (χ3v) is 4.02. The van der Waals surface area contributed by atoms with Gasteiger partial charge in [0, 0.05) is 19.6 Å². The van der Waals surface area contributed by atoms with Crippen molar-refractivity contribution in [1.29, 1.82) is 0 Å². The Labute approximate surface area is 124 Å². The Balaban J connectivity index is 1.58. The van der Waals surface area contributed by atoms with Gasteiger partial charge >= 0.3 is 0 Å². The van der Waals surface area contributed by atoms with E-state index in [2.05, 4.69) is 22.3 Å². The molecule has 0 aliphatic carbocycles. The largest absolute Gasteiger partial charge is 0.381 e. The molecule has 2 aromatic rings. The molecule has 112 valence electrons. The van der Waals surface area contributed by atoms with Crippen LogP contribution in [0.25, 0.3) is 0 Å². The van der Waals surface area contributed by atoms with Gasteiger partial charge < -0.3 is 15.0 Å². The quantitative estimate of drug-likeness (QED) is 0.913. The van der Waals surface area contributed by atoms with E-state index in [1.54, 1.807) is 0 Å². The van der Waals surface area contributed by atoms with Crippen LogP contribution in [-0.4, -0.2) is 23.4 Å². The highest BCUT2D eigenvalue weighted by Gasteiger charge is 2.26. The monoisotopic (exact) mass is 287 g/mol.